The van der Waals surface area contributed by atoms with E-state index in [1.165, 1.54) is 20.1 Å². The molecule has 1 heterocycles. The third-order valence-electron chi connectivity index (χ3n) is 4.73. The molecule has 0 bridgehead atoms. The van der Waals surface area contributed by atoms with Crippen LogP contribution in [0.25, 0.3) is 0 Å². The Labute approximate surface area is 169 Å². The van der Waals surface area contributed by atoms with Crippen LogP contribution in [0.4, 0.5) is 21.5 Å². The first-order valence-corrected chi connectivity index (χ1v) is 9.43. The number of nitrogens with zero attached hydrogens (tertiary/aromatic N) is 2. The van der Waals surface area contributed by atoms with Gasteiger partial charge in [-0.05, 0) is 30.3 Å². The first-order valence-electron chi connectivity index (χ1n) is 9.43. The molecule has 2 N–H and O–H groups in total. The fraction of sp³-hybridized carbons (Fsp3) is 0.333. The summed E-state index contributed by atoms with van der Waals surface area (Å²) in [4.78, 5) is 27.8. The van der Waals surface area contributed by atoms with Crippen molar-refractivity contribution in [3.63, 3.8) is 0 Å². The maximum absolute atomic E-state index is 13.9. The summed E-state index contributed by atoms with van der Waals surface area (Å²) in [5.41, 5.74) is 1.66. The quantitative estimate of drug-likeness (QED) is 0.780. The van der Waals surface area contributed by atoms with Crippen molar-refractivity contribution in [1.29, 1.82) is 0 Å². The Hall–Kier alpha value is -3.13. The van der Waals surface area contributed by atoms with Crippen LogP contribution < -0.4 is 20.3 Å². The second-order valence-electron chi connectivity index (χ2n) is 6.86. The summed E-state index contributed by atoms with van der Waals surface area (Å²) in [7, 11) is 1.52. The average molecular weight is 400 g/mol. The van der Waals surface area contributed by atoms with Gasteiger partial charge in [-0.3, -0.25) is 14.5 Å². The highest BCUT2D eigenvalue weighted by atomic mass is 19.1. The number of methoxy groups -OCH3 is 1. The van der Waals surface area contributed by atoms with E-state index in [0.29, 0.717) is 49.0 Å². The molecule has 1 aliphatic heterocycles. The van der Waals surface area contributed by atoms with E-state index in [1.807, 2.05) is 15.9 Å². The predicted molar refractivity (Wildman–Crippen MR) is 111 cm³/mol. The zero-order valence-corrected chi connectivity index (χ0v) is 16.6. The third-order valence-corrected chi connectivity index (χ3v) is 4.73. The zero-order valence-electron chi connectivity index (χ0n) is 16.6. The molecular weight excluding hydrogens is 375 g/mol. The smallest absolute Gasteiger partial charge is 0.238 e. The van der Waals surface area contributed by atoms with Crippen LogP contribution in [0.1, 0.15) is 6.92 Å². The number of amides is 2. The second-order valence-corrected chi connectivity index (χ2v) is 6.86. The molecule has 0 atom stereocenters. The van der Waals surface area contributed by atoms with Gasteiger partial charge in [0.1, 0.15) is 11.6 Å². The zero-order chi connectivity index (χ0) is 20.8. The second kappa shape index (κ2) is 9.38. The van der Waals surface area contributed by atoms with Gasteiger partial charge >= 0.3 is 0 Å². The molecule has 1 saturated heterocycles. The van der Waals surface area contributed by atoms with Gasteiger partial charge in [0.2, 0.25) is 11.8 Å². The summed E-state index contributed by atoms with van der Waals surface area (Å²) >= 11 is 0. The molecule has 0 aliphatic carbocycles. The van der Waals surface area contributed by atoms with Crippen molar-refractivity contribution in [1.82, 2.24) is 4.90 Å². The van der Waals surface area contributed by atoms with Crippen LogP contribution in [0.5, 0.6) is 5.75 Å². The van der Waals surface area contributed by atoms with Crippen molar-refractivity contribution in [2.24, 2.45) is 0 Å². The highest BCUT2D eigenvalue weighted by molar-refractivity contribution is 5.95. The molecule has 154 valence electrons. The van der Waals surface area contributed by atoms with Gasteiger partial charge in [0, 0.05) is 38.8 Å². The van der Waals surface area contributed by atoms with Crippen LogP contribution in [0.3, 0.4) is 0 Å². The van der Waals surface area contributed by atoms with Crippen LogP contribution in [-0.2, 0) is 9.59 Å². The minimum Gasteiger partial charge on any atom is -0.495 e. The summed E-state index contributed by atoms with van der Waals surface area (Å²) in [5, 5.41) is 5.53. The van der Waals surface area contributed by atoms with Gasteiger partial charge in [0.15, 0.2) is 0 Å². The third kappa shape index (κ3) is 5.45. The number of halogens is 1. The first kappa shape index (κ1) is 20.6. The molecule has 8 heteroatoms. The maximum Gasteiger partial charge on any atom is 0.238 e. The Morgan fingerprint density at radius 3 is 2.45 bits per heavy atom. The van der Waals surface area contributed by atoms with Crippen molar-refractivity contribution in [2.75, 3.05) is 55.4 Å². The highest BCUT2D eigenvalue weighted by Gasteiger charge is 2.21. The topological polar surface area (TPSA) is 73.9 Å². The van der Waals surface area contributed by atoms with E-state index in [1.54, 1.807) is 30.3 Å². The molecule has 0 aromatic heterocycles. The SMILES string of the molecule is COc1ccc(NC(C)=O)cc1NC(=O)CN1CCN(c2ccccc2F)CC1. The van der Waals surface area contributed by atoms with Crippen molar-refractivity contribution in [3.8, 4) is 5.75 Å². The van der Waals surface area contributed by atoms with Crippen molar-refractivity contribution in [3.05, 3.63) is 48.3 Å². The van der Waals surface area contributed by atoms with Gasteiger partial charge < -0.3 is 20.3 Å². The molecule has 0 spiro atoms. The molecule has 2 amide bonds. The number of carbonyl (C=O) groups excluding carboxylic acids is 2. The van der Waals surface area contributed by atoms with E-state index in [9.17, 15) is 14.0 Å². The standard InChI is InChI=1S/C21H25FN4O3/c1-15(27)23-16-7-8-20(29-2)18(13-16)24-21(28)14-25-9-11-26(12-10-25)19-6-4-3-5-17(19)22/h3-8,13H,9-12,14H2,1-2H3,(H,23,27)(H,24,28). The monoisotopic (exact) mass is 400 g/mol. The lowest BCUT2D eigenvalue weighted by molar-refractivity contribution is -0.117. The number of rotatable bonds is 6. The Morgan fingerprint density at radius 2 is 1.79 bits per heavy atom. The molecule has 1 aliphatic rings. The van der Waals surface area contributed by atoms with Crippen molar-refractivity contribution < 1.29 is 18.7 Å². The summed E-state index contributed by atoms with van der Waals surface area (Å²) < 4.78 is 19.2. The minimum absolute atomic E-state index is 0.178. The minimum atomic E-state index is -0.232. The van der Waals surface area contributed by atoms with E-state index in [-0.39, 0.29) is 24.2 Å². The van der Waals surface area contributed by atoms with E-state index in [2.05, 4.69) is 10.6 Å². The Balaban J connectivity index is 1.56. The molecule has 0 saturated carbocycles. The molecule has 7 nitrogen and oxygen atoms in total. The van der Waals surface area contributed by atoms with Crippen LogP contribution in [0.15, 0.2) is 42.5 Å². The van der Waals surface area contributed by atoms with Crippen LogP contribution in [-0.4, -0.2) is 56.5 Å². The van der Waals surface area contributed by atoms with Gasteiger partial charge in [-0.25, -0.2) is 4.39 Å². The molecule has 2 aromatic rings. The fourth-order valence-electron chi connectivity index (χ4n) is 3.33. The van der Waals surface area contributed by atoms with E-state index in [4.69, 9.17) is 4.74 Å². The number of anilines is 3. The molecule has 0 unspecified atom stereocenters. The molecule has 2 aromatic carbocycles. The summed E-state index contributed by atoms with van der Waals surface area (Å²) in [5.74, 6) is -0.0931. The highest BCUT2D eigenvalue weighted by Crippen LogP contribution is 2.28. The first-order chi connectivity index (χ1) is 14.0. The lowest BCUT2D eigenvalue weighted by Gasteiger charge is -2.35. The van der Waals surface area contributed by atoms with Crippen molar-refractivity contribution >= 4 is 28.9 Å². The Morgan fingerprint density at radius 1 is 1.07 bits per heavy atom. The largest absolute Gasteiger partial charge is 0.495 e. The van der Waals surface area contributed by atoms with Crippen LogP contribution >= 0.6 is 0 Å². The molecule has 0 radical (unpaired) electrons. The van der Waals surface area contributed by atoms with Gasteiger partial charge in [0.05, 0.1) is 25.0 Å². The lowest BCUT2D eigenvalue weighted by Crippen LogP contribution is -2.48. The predicted octanol–water partition coefficient (Wildman–Crippen LogP) is 2.55. The van der Waals surface area contributed by atoms with E-state index in [0.717, 1.165) is 0 Å². The number of nitrogens with one attached hydrogen (secondary N) is 2. The number of hydrogen-bond acceptors (Lipinski definition) is 5. The van der Waals surface area contributed by atoms with Crippen LogP contribution in [0.2, 0.25) is 0 Å². The lowest BCUT2D eigenvalue weighted by atomic mass is 10.2. The number of para-hydroxylation sites is 1. The van der Waals surface area contributed by atoms with E-state index >= 15 is 0 Å². The van der Waals surface area contributed by atoms with E-state index < -0.39 is 0 Å². The van der Waals surface area contributed by atoms with Gasteiger partial charge in [-0.2, -0.15) is 0 Å². The average Bonchev–Trinajstić information content (AvgIpc) is 2.69. The number of piperazine rings is 1. The summed E-state index contributed by atoms with van der Waals surface area (Å²) in [6, 6.07) is 11.8. The Bertz CT molecular complexity index is 882. The summed E-state index contributed by atoms with van der Waals surface area (Å²) in [6.45, 7) is 4.25. The number of benzene rings is 2. The normalized spacial score (nSPS) is 14.4. The molecule has 1 fully saturated rings. The maximum atomic E-state index is 13.9. The molecule has 29 heavy (non-hydrogen) atoms. The van der Waals surface area contributed by atoms with Crippen molar-refractivity contribution in [2.45, 2.75) is 6.92 Å². The van der Waals surface area contributed by atoms with Crippen LogP contribution in [0, 0.1) is 5.82 Å². The number of ether oxygens (including phenoxy) is 1. The molecular formula is C21H25FN4O3. The van der Waals surface area contributed by atoms with Gasteiger partial charge in [-0.15, -0.1) is 0 Å². The van der Waals surface area contributed by atoms with Gasteiger partial charge in [-0.1, -0.05) is 12.1 Å². The van der Waals surface area contributed by atoms with Gasteiger partial charge in [0.25, 0.3) is 0 Å². The fourth-order valence-corrected chi connectivity index (χ4v) is 3.33. The Kier molecular flexibility index (Phi) is 6.66. The summed E-state index contributed by atoms with van der Waals surface area (Å²) in [6.07, 6.45) is 0. The number of hydrogen-bond donors (Lipinski definition) is 2. The molecule has 3 rings (SSSR count). The number of carbonyl (C=O) groups is 2.